The number of nitrogen functional groups attached to an aromatic ring is 1. The van der Waals surface area contributed by atoms with Crippen molar-refractivity contribution in [2.45, 2.75) is 37.7 Å². The number of rotatable bonds is 3. The number of anilines is 1. The summed E-state index contributed by atoms with van der Waals surface area (Å²) in [5, 5.41) is 0. The molecule has 1 saturated heterocycles. The van der Waals surface area contributed by atoms with Crippen molar-refractivity contribution in [3.8, 4) is 0 Å². The summed E-state index contributed by atoms with van der Waals surface area (Å²) in [6.07, 6.45) is 4.45. The summed E-state index contributed by atoms with van der Waals surface area (Å²) in [6.45, 7) is 1.71. The third-order valence-electron chi connectivity index (χ3n) is 5.60. The monoisotopic (exact) mass is 388 g/mol. The Hall–Kier alpha value is -2.61. The van der Waals surface area contributed by atoms with Gasteiger partial charge in [0.15, 0.2) is 11.6 Å². The fourth-order valence-corrected chi connectivity index (χ4v) is 4.03. The summed E-state index contributed by atoms with van der Waals surface area (Å²) < 4.78 is 32.4. The van der Waals surface area contributed by atoms with Gasteiger partial charge in [0.05, 0.1) is 12.3 Å². The first-order chi connectivity index (χ1) is 13.5. The van der Waals surface area contributed by atoms with Crippen molar-refractivity contribution in [2.24, 2.45) is 0 Å². The molecule has 28 heavy (non-hydrogen) atoms. The van der Waals surface area contributed by atoms with E-state index in [0.29, 0.717) is 44.5 Å². The Morgan fingerprint density at radius 1 is 1.25 bits per heavy atom. The zero-order valence-corrected chi connectivity index (χ0v) is 15.5. The van der Waals surface area contributed by atoms with E-state index in [4.69, 9.17) is 10.5 Å². The highest BCUT2D eigenvalue weighted by Crippen LogP contribution is 2.40. The Bertz CT molecular complexity index is 898. The number of fused-ring (bicyclic) bond motifs is 2. The highest BCUT2D eigenvalue weighted by atomic mass is 19.2. The maximum atomic E-state index is 13.3. The van der Waals surface area contributed by atoms with E-state index < -0.39 is 17.2 Å². The number of piperidine rings is 1. The van der Waals surface area contributed by atoms with Crippen molar-refractivity contribution < 1.29 is 18.3 Å². The van der Waals surface area contributed by atoms with Gasteiger partial charge in [0.25, 0.3) is 0 Å². The van der Waals surface area contributed by atoms with E-state index in [9.17, 15) is 13.6 Å². The lowest BCUT2D eigenvalue weighted by Gasteiger charge is -2.44. The molecule has 0 atom stereocenters. The molecule has 1 aromatic carbocycles. The number of hydrogen-bond acceptors (Lipinski definition) is 5. The molecule has 3 heterocycles. The second-order valence-corrected chi connectivity index (χ2v) is 7.32. The molecule has 0 bridgehead atoms. The summed E-state index contributed by atoms with van der Waals surface area (Å²) in [6, 6.07) is 3.74. The largest absolute Gasteiger partial charge is 0.368 e. The van der Waals surface area contributed by atoms with Gasteiger partial charge in [-0.3, -0.25) is 4.79 Å². The van der Waals surface area contributed by atoms with Crippen LogP contribution in [0.1, 0.15) is 36.1 Å². The molecule has 0 aliphatic carbocycles. The maximum absolute atomic E-state index is 13.3. The molecule has 2 N–H and O–H groups in total. The van der Waals surface area contributed by atoms with Crippen LogP contribution >= 0.6 is 0 Å². The van der Waals surface area contributed by atoms with Crippen molar-refractivity contribution in [3.05, 3.63) is 52.9 Å². The molecule has 8 heteroatoms. The number of amides is 1. The number of carbonyl (C=O) groups excluding carboxylic acids is 1. The fraction of sp³-hybridized carbons (Fsp3) is 0.450. The number of aromatic nitrogens is 2. The Labute approximate surface area is 161 Å². The van der Waals surface area contributed by atoms with Crippen LogP contribution in [-0.4, -0.2) is 40.5 Å². The Morgan fingerprint density at radius 2 is 2.04 bits per heavy atom. The molecule has 0 unspecified atom stereocenters. The average molecular weight is 388 g/mol. The molecule has 1 aromatic heterocycles. The molecule has 4 rings (SSSR count). The predicted molar refractivity (Wildman–Crippen MR) is 98.3 cm³/mol. The van der Waals surface area contributed by atoms with Crippen LogP contribution in [0.3, 0.4) is 0 Å². The Morgan fingerprint density at radius 3 is 2.79 bits per heavy atom. The van der Waals surface area contributed by atoms with Crippen LogP contribution in [0.15, 0.2) is 24.4 Å². The zero-order valence-electron chi connectivity index (χ0n) is 15.5. The number of nitrogens with zero attached hydrogens (tertiary/aromatic N) is 3. The molecule has 1 amide bonds. The smallest absolute Gasteiger partial charge is 0.222 e. The number of hydrogen-bond donors (Lipinski definition) is 1. The van der Waals surface area contributed by atoms with E-state index in [1.165, 1.54) is 6.07 Å². The van der Waals surface area contributed by atoms with Crippen LogP contribution in [0.25, 0.3) is 0 Å². The molecule has 1 spiro atoms. The number of halogens is 2. The summed E-state index contributed by atoms with van der Waals surface area (Å²) in [5.41, 5.74) is 7.77. The van der Waals surface area contributed by atoms with Gasteiger partial charge in [0.2, 0.25) is 11.9 Å². The molecule has 2 aliphatic heterocycles. The summed E-state index contributed by atoms with van der Waals surface area (Å²) in [5.74, 6) is -1.54. The SMILES string of the molecule is Nc1ncc2c(n1)C1(CCN(C(=O)CCc3ccc(F)c(F)c3)CC1)OCC2. The van der Waals surface area contributed by atoms with Crippen LogP contribution < -0.4 is 5.73 Å². The summed E-state index contributed by atoms with van der Waals surface area (Å²) in [4.78, 5) is 22.9. The van der Waals surface area contributed by atoms with Crippen molar-refractivity contribution in [3.63, 3.8) is 0 Å². The standard InChI is InChI=1S/C20H22F2N4O2/c21-15-3-1-13(11-16(15)22)2-4-17(27)26-8-6-20(7-9-26)18-14(5-10-28-20)12-24-19(23)25-18/h1,3,11-12H,2,4-10H2,(H2,23,24,25). The first-order valence-electron chi connectivity index (χ1n) is 9.44. The normalized spacial score (nSPS) is 18.1. The van der Waals surface area contributed by atoms with E-state index in [0.717, 1.165) is 29.8 Å². The molecule has 6 nitrogen and oxygen atoms in total. The second kappa shape index (κ2) is 7.43. The van der Waals surface area contributed by atoms with Crippen LogP contribution in [-0.2, 0) is 28.0 Å². The Balaban J connectivity index is 1.38. The van der Waals surface area contributed by atoms with Crippen LogP contribution in [0.2, 0.25) is 0 Å². The van der Waals surface area contributed by atoms with Gasteiger partial charge in [-0.25, -0.2) is 18.7 Å². The van der Waals surface area contributed by atoms with Gasteiger partial charge in [0.1, 0.15) is 5.60 Å². The number of carbonyl (C=O) groups is 1. The van der Waals surface area contributed by atoms with Gasteiger partial charge < -0.3 is 15.4 Å². The van der Waals surface area contributed by atoms with Gasteiger partial charge >= 0.3 is 0 Å². The molecule has 0 radical (unpaired) electrons. The third-order valence-corrected chi connectivity index (χ3v) is 5.60. The molecule has 2 aromatic rings. The van der Waals surface area contributed by atoms with Crippen molar-refractivity contribution in [2.75, 3.05) is 25.4 Å². The fourth-order valence-electron chi connectivity index (χ4n) is 4.03. The van der Waals surface area contributed by atoms with Crippen molar-refractivity contribution in [1.82, 2.24) is 14.9 Å². The number of nitrogens with two attached hydrogens (primary N) is 1. The minimum absolute atomic E-state index is 0.00202. The van der Waals surface area contributed by atoms with Gasteiger partial charge in [-0.05, 0) is 48.9 Å². The average Bonchev–Trinajstić information content (AvgIpc) is 2.70. The number of ether oxygens (including phenoxy) is 1. The van der Waals surface area contributed by atoms with Crippen molar-refractivity contribution >= 4 is 11.9 Å². The van der Waals surface area contributed by atoms with Gasteiger partial charge in [-0.1, -0.05) is 6.07 Å². The van der Waals surface area contributed by atoms with E-state index in [1.54, 1.807) is 11.1 Å². The Kier molecular flexibility index (Phi) is 4.97. The lowest BCUT2D eigenvalue weighted by molar-refractivity contribution is -0.141. The molecule has 148 valence electrons. The zero-order chi connectivity index (χ0) is 19.7. The van der Waals surface area contributed by atoms with Gasteiger partial charge in [-0.15, -0.1) is 0 Å². The number of likely N-dealkylation sites (tertiary alicyclic amines) is 1. The van der Waals surface area contributed by atoms with Crippen LogP contribution in [0, 0.1) is 11.6 Å². The second-order valence-electron chi connectivity index (χ2n) is 7.32. The number of benzene rings is 1. The quantitative estimate of drug-likeness (QED) is 0.873. The van der Waals surface area contributed by atoms with E-state index in [-0.39, 0.29) is 18.3 Å². The minimum Gasteiger partial charge on any atom is -0.368 e. The lowest BCUT2D eigenvalue weighted by Crippen LogP contribution is -2.49. The van der Waals surface area contributed by atoms with Gasteiger partial charge in [0, 0.05) is 25.7 Å². The molecule has 2 aliphatic rings. The predicted octanol–water partition coefficient (Wildman–Crippen LogP) is 2.36. The van der Waals surface area contributed by atoms with E-state index >= 15 is 0 Å². The lowest BCUT2D eigenvalue weighted by atomic mass is 9.83. The van der Waals surface area contributed by atoms with E-state index in [2.05, 4.69) is 9.97 Å². The van der Waals surface area contributed by atoms with Crippen LogP contribution in [0.5, 0.6) is 0 Å². The van der Waals surface area contributed by atoms with Crippen molar-refractivity contribution in [1.29, 1.82) is 0 Å². The number of aryl methyl sites for hydroxylation is 1. The van der Waals surface area contributed by atoms with Gasteiger partial charge in [-0.2, -0.15) is 0 Å². The van der Waals surface area contributed by atoms with Crippen LogP contribution in [0.4, 0.5) is 14.7 Å². The topological polar surface area (TPSA) is 81.3 Å². The summed E-state index contributed by atoms with van der Waals surface area (Å²) in [7, 11) is 0. The molecular formula is C20H22F2N4O2. The molecule has 1 fully saturated rings. The first kappa shape index (κ1) is 18.7. The third kappa shape index (κ3) is 3.56. The molecular weight excluding hydrogens is 366 g/mol. The maximum Gasteiger partial charge on any atom is 0.222 e. The first-order valence-corrected chi connectivity index (χ1v) is 9.44. The molecule has 0 saturated carbocycles. The minimum atomic E-state index is -0.890. The summed E-state index contributed by atoms with van der Waals surface area (Å²) >= 11 is 0. The highest BCUT2D eigenvalue weighted by molar-refractivity contribution is 5.76. The highest BCUT2D eigenvalue weighted by Gasteiger charge is 2.43. The van der Waals surface area contributed by atoms with E-state index in [1.807, 2.05) is 0 Å².